The maximum Gasteiger partial charge on any atom is 0.313 e. The third-order valence-corrected chi connectivity index (χ3v) is 5.47. The molecule has 2 heterocycles. The molecule has 1 N–H and O–H groups in total. The average molecular weight is 330 g/mol. The minimum absolute atomic E-state index is 0.0126. The summed E-state index contributed by atoms with van der Waals surface area (Å²) in [6.07, 6.45) is 1.40. The summed E-state index contributed by atoms with van der Waals surface area (Å²) < 4.78 is 0. The van der Waals surface area contributed by atoms with Crippen molar-refractivity contribution in [2.45, 2.75) is 38.1 Å². The first kappa shape index (κ1) is 17.0. The molecule has 24 heavy (non-hydrogen) atoms. The van der Waals surface area contributed by atoms with E-state index in [1.165, 1.54) is 0 Å². The smallest absolute Gasteiger partial charge is 0.313 e. The number of carbonyl (C=O) groups is 2. The number of benzene rings is 1. The second-order valence-corrected chi connectivity index (χ2v) is 7.57. The first-order valence-corrected chi connectivity index (χ1v) is 8.69. The van der Waals surface area contributed by atoms with Gasteiger partial charge in [0.25, 0.3) is 5.91 Å². The van der Waals surface area contributed by atoms with Gasteiger partial charge in [0.05, 0.1) is 5.54 Å². The monoisotopic (exact) mass is 330 g/mol. The first-order chi connectivity index (χ1) is 11.4. The third-order valence-electron chi connectivity index (χ3n) is 5.47. The zero-order valence-electron chi connectivity index (χ0n) is 14.7. The van der Waals surface area contributed by atoms with Crippen LogP contribution < -0.4 is 0 Å². The fraction of sp³-hybridized carbons (Fsp3) is 0.579. The Hall–Kier alpha value is -1.88. The quantitative estimate of drug-likeness (QED) is 0.925. The summed E-state index contributed by atoms with van der Waals surface area (Å²) in [5.41, 5.74) is 0.614. The molecule has 130 valence electrons. The number of rotatable bonds is 3. The van der Waals surface area contributed by atoms with Crippen LogP contribution in [0.2, 0.25) is 0 Å². The topological polar surface area (TPSA) is 60.9 Å². The van der Waals surface area contributed by atoms with Crippen molar-refractivity contribution in [2.75, 3.05) is 26.7 Å². The van der Waals surface area contributed by atoms with Crippen molar-refractivity contribution >= 4 is 11.9 Å². The Balaban J connectivity index is 2.17. The van der Waals surface area contributed by atoms with Gasteiger partial charge in [-0.15, -0.1) is 0 Å². The predicted molar refractivity (Wildman–Crippen MR) is 92.2 cm³/mol. The summed E-state index contributed by atoms with van der Waals surface area (Å²) in [5, 5.41) is 10.1. The zero-order valence-corrected chi connectivity index (χ0v) is 14.7. The van der Waals surface area contributed by atoms with Gasteiger partial charge in [0.1, 0.15) is 5.92 Å². The molecule has 2 aliphatic rings. The van der Waals surface area contributed by atoms with Crippen LogP contribution in [0, 0.1) is 5.92 Å². The summed E-state index contributed by atoms with van der Waals surface area (Å²) in [5.74, 6) is -1.20. The Morgan fingerprint density at radius 1 is 1.29 bits per heavy atom. The molecule has 1 amide bonds. The normalized spacial score (nSPS) is 23.6. The van der Waals surface area contributed by atoms with Crippen molar-refractivity contribution in [3.63, 3.8) is 0 Å². The van der Waals surface area contributed by atoms with Gasteiger partial charge in [-0.3, -0.25) is 9.59 Å². The molecule has 2 aliphatic heterocycles. The van der Waals surface area contributed by atoms with Crippen LogP contribution in [0.15, 0.2) is 24.3 Å². The lowest BCUT2D eigenvalue weighted by Gasteiger charge is -2.54. The maximum atomic E-state index is 13.2. The largest absolute Gasteiger partial charge is 0.481 e. The highest BCUT2D eigenvalue weighted by molar-refractivity contribution is 6.01. The van der Waals surface area contributed by atoms with E-state index >= 15 is 0 Å². The van der Waals surface area contributed by atoms with E-state index in [1.54, 1.807) is 6.07 Å². The Morgan fingerprint density at radius 2 is 1.92 bits per heavy atom. The Morgan fingerprint density at radius 3 is 2.50 bits per heavy atom. The number of aliphatic carboxylic acids is 1. The summed E-state index contributed by atoms with van der Waals surface area (Å²) in [6.45, 7) is 6.38. The van der Waals surface area contributed by atoms with Gasteiger partial charge < -0.3 is 14.9 Å². The number of carbonyl (C=O) groups excluding carboxylic acids is 1. The number of carboxylic acids is 1. The summed E-state index contributed by atoms with van der Waals surface area (Å²) >= 11 is 0. The molecule has 1 saturated heterocycles. The number of fused-ring (bicyclic) bond motifs is 1. The molecule has 0 radical (unpaired) electrons. The lowest BCUT2D eigenvalue weighted by Crippen LogP contribution is -2.64. The summed E-state index contributed by atoms with van der Waals surface area (Å²) in [7, 11) is 2.05. The molecule has 1 aromatic rings. The molecule has 1 unspecified atom stereocenters. The Labute approximate surface area is 143 Å². The second kappa shape index (κ2) is 6.20. The van der Waals surface area contributed by atoms with Gasteiger partial charge in [-0.25, -0.2) is 0 Å². The number of nitrogens with zero attached hydrogens (tertiary/aromatic N) is 2. The van der Waals surface area contributed by atoms with Crippen LogP contribution in [0.3, 0.4) is 0 Å². The minimum atomic E-state index is -0.826. The highest BCUT2D eigenvalue weighted by atomic mass is 16.4. The number of hydrogen-bond acceptors (Lipinski definition) is 3. The van der Waals surface area contributed by atoms with E-state index in [4.69, 9.17) is 0 Å². The van der Waals surface area contributed by atoms with Crippen LogP contribution in [0.25, 0.3) is 0 Å². The summed E-state index contributed by atoms with van der Waals surface area (Å²) in [4.78, 5) is 29.5. The second-order valence-electron chi connectivity index (χ2n) is 7.57. The van der Waals surface area contributed by atoms with Crippen LogP contribution >= 0.6 is 0 Å². The molecule has 0 bridgehead atoms. The molecule has 5 heteroatoms. The van der Waals surface area contributed by atoms with Crippen molar-refractivity contribution < 1.29 is 14.7 Å². The van der Waals surface area contributed by atoms with E-state index in [0.29, 0.717) is 36.4 Å². The van der Waals surface area contributed by atoms with Gasteiger partial charge >= 0.3 is 5.97 Å². The SMILES string of the molecule is CC(C)CN1C(=O)c2ccccc2C(C(=O)O)C12CCN(C)CC2. The van der Waals surface area contributed by atoms with E-state index in [2.05, 4.69) is 18.7 Å². The lowest BCUT2D eigenvalue weighted by molar-refractivity contribution is -0.144. The molecule has 1 aromatic carbocycles. The number of carboxylic acid groups (broad SMARTS) is 1. The molecule has 0 aromatic heterocycles. The molecular formula is C19H26N2O3. The fourth-order valence-electron chi connectivity index (χ4n) is 4.29. The summed E-state index contributed by atoms with van der Waals surface area (Å²) in [6, 6.07) is 7.24. The van der Waals surface area contributed by atoms with Gasteiger partial charge in [0.2, 0.25) is 0 Å². The number of amides is 1. The molecule has 1 fully saturated rings. The number of likely N-dealkylation sites (tertiary alicyclic amines) is 1. The van der Waals surface area contributed by atoms with Gasteiger partial charge in [-0.1, -0.05) is 32.0 Å². The van der Waals surface area contributed by atoms with Crippen molar-refractivity contribution in [1.82, 2.24) is 9.80 Å². The molecular weight excluding hydrogens is 304 g/mol. The Kier molecular flexibility index (Phi) is 4.38. The van der Waals surface area contributed by atoms with Crippen LogP contribution in [-0.2, 0) is 4.79 Å². The van der Waals surface area contributed by atoms with E-state index in [9.17, 15) is 14.7 Å². The zero-order chi connectivity index (χ0) is 17.5. The van der Waals surface area contributed by atoms with E-state index < -0.39 is 17.4 Å². The van der Waals surface area contributed by atoms with Crippen LogP contribution in [0.4, 0.5) is 0 Å². The first-order valence-electron chi connectivity index (χ1n) is 8.69. The van der Waals surface area contributed by atoms with Gasteiger partial charge in [-0.2, -0.15) is 0 Å². The fourth-order valence-corrected chi connectivity index (χ4v) is 4.29. The van der Waals surface area contributed by atoms with E-state index in [-0.39, 0.29) is 5.91 Å². The van der Waals surface area contributed by atoms with Crippen molar-refractivity contribution in [3.8, 4) is 0 Å². The molecule has 1 spiro atoms. The maximum absolute atomic E-state index is 13.2. The van der Waals surface area contributed by atoms with Crippen molar-refractivity contribution in [2.24, 2.45) is 5.92 Å². The highest BCUT2D eigenvalue weighted by Gasteiger charge is 2.55. The van der Waals surface area contributed by atoms with Gasteiger partial charge in [-0.05, 0) is 37.4 Å². The van der Waals surface area contributed by atoms with E-state index in [0.717, 1.165) is 13.1 Å². The van der Waals surface area contributed by atoms with Crippen molar-refractivity contribution in [3.05, 3.63) is 35.4 Å². The number of piperidine rings is 1. The average Bonchev–Trinajstić information content (AvgIpc) is 2.54. The lowest BCUT2D eigenvalue weighted by atomic mass is 9.67. The van der Waals surface area contributed by atoms with Crippen LogP contribution in [0.1, 0.15) is 48.5 Å². The minimum Gasteiger partial charge on any atom is -0.481 e. The molecule has 0 aliphatic carbocycles. The van der Waals surface area contributed by atoms with Gasteiger partial charge in [0, 0.05) is 25.2 Å². The molecule has 5 nitrogen and oxygen atoms in total. The number of hydrogen-bond donors (Lipinski definition) is 1. The third kappa shape index (κ3) is 2.61. The standard InChI is InChI=1S/C19H26N2O3/c1-13(2)12-21-17(22)15-7-5-4-6-14(15)16(18(23)24)19(21)8-10-20(3)11-9-19/h4-7,13,16H,8-12H2,1-3H3,(H,23,24). The van der Waals surface area contributed by atoms with E-state index in [1.807, 2.05) is 30.1 Å². The van der Waals surface area contributed by atoms with Gasteiger partial charge in [0.15, 0.2) is 0 Å². The van der Waals surface area contributed by atoms with Crippen LogP contribution in [0.5, 0.6) is 0 Å². The molecule has 1 atom stereocenters. The van der Waals surface area contributed by atoms with Crippen molar-refractivity contribution in [1.29, 1.82) is 0 Å². The van der Waals surface area contributed by atoms with Crippen LogP contribution in [-0.4, -0.2) is 59.0 Å². The molecule has 0 saturated carbocycles. The molecule has 3 rings (SSSR count). The predicted octanol–water partition coefficient (Wildman–Crippen LogP) is 2.43. The highest BCUT2D eigenvalue weighted by Crippen LogP contribution is 2.47. The Bertz CT molecular complexity index is 648.